The van der Waals surface area contributed by atoms with Gasteiger partial charge in [0.05, 0.1) is 32.0 Å². The summed E-state index contributed by atoms with van der Waals surface area (Å²) in [7, 11) is -2.06. The van der Waals surface area contributed by atoms with Crippen molar-refractivity contribution in [2.45, 2.75) is 19.4 Å². The Bertz CT molecular complexity index is 400. The van der Waals surface area contributed by atoms with E-state index in [9.17, 15) is 13.2 Å². The van der Waals surface area contributed by atoms with Crippen molar-refractivity contribution in [3.63, 3.8) is 0 Å². The van der Waals surface area contributed by atoms with Gasteiger partial charge in [0.25, 0.3) is 0 Å². The number of ether oxygens (including phenoxy) is 2. The van der Waals surface area contributed by atoms with Crippen LogP contribution in [0.1, 0.15) is 13.3 Å². The zero-order chi connectivity index (χ0) is 14.5. The van der Waals surface area contributed by atoms with E-state index in [-0.39, 0.29) is 31.2 Å². The topological polar surface area (TPSA) is 72.9 Å². The lowest BCUT2D eigenvalue weighted by atomic mass is 10.2. The van der Waals surface area contributed by atoms with Crippen molar-refractivity contribution in [1.82, 2.24) is 4.31 Å². The van der Waals surface area contributed by atoms with Gasteiger partial charge in [0, 0.05) is 19.0 Å². The Balaban J connectivity index is 2.61. The Hall–Kier alpha value is -0.370. The number of nitrogens with zero attached hydrogens (tertiary/aromatic N) is 1. The van der Waals surface area contributed by atoms with Gasteiger partial charge in [-0.05, 0) is 5.92 Å². The third-order valence-corrected chi connectivity index (χ3v) is 5.51. The monoisotopic (exact) mass is 313 g/mol. The summed E-state index contributed by atoms with van der Waals surface area (Å²) < 4.78 is 35.6. The smallest absolute Gasteiger partial charge is 0.308 e. The molecule has 2 unspecified atom stereocenters. The van der Waals surface area contributed by atoms with E-state index in [1.807, 2.05) is 0 Å². The number of hydrogen-bond donors (Lipinski definition) is 0. The minimum Gasteiger partial charge on any atom is -0.469 e. The van der Waals surface area contributed by atoms with Crippen LogP contribution >= 0.6 is 11.6 Å². The van der Waals surface area contributed by atoms with Crippen LogP contribution < -0.4 is 0 Å². The molecule has 1 heterocycles. The highest BCUT2D eigenvalue weighted by Gasteiger charge is 2.31. The highest BCUT2D eigenvalue weighted by Crippen LogP contribution is 2.16. The van der Waals surface area contributed by atoms with Gasteiger partial charge >= 0.3 is 5.97 Å². The van der Waals surface area contributed by atoms with E-state index in [1.54, 1.807) is 6.92 Å². The van der Waals surface area contributed by atoms with Crippen molar-refractivity contribution in [3.05, 3.63) is 0 Å². The van der Waals surface area contributed by atoms with Crippen LogP contribution in [0.15, 0.2) is 0 Å². The van der Waals surface area contributed by atoms with E-state index in [0.29, 0.717) is 12.4 Å². The van der Waals surface area contributed by atoms with Crippen LogP contribution in [0.25, 0.3) is 0 Å². The number of alkyl halides is 1. The fourth-order valence-corrected chi connectivity index (χ4v) is 3.88. The third-order valence-electron chi connectivity index (χ3n) is 2.88. The zero-order valence-electron chi connectivity index (χ0n) is 11.2. The second kappa shape index (κ2) is 7.42. The lowest BCUT2D eigenvalue weighted by molar-refractivity contribution is -0.145. The molecular weight excluding hydrogens is 294 g/mol. The number of sulfonamides is 1. The van der Waals surface area contributed by atoms with Crippen LogP contribution in [-0.2, 0) is 24.3 Å². The first-order valence-corrected chi connectivity index (χ1v) is 8.25. The van der Waals surface area contributed by atoms with E-state index in [1.165, 1.54) is 11.4 Å². The fraction of sp³-hybridized carbons (Fsp3) is 0.909. The zero-order valence-corrected chi connectivity index (χ0v) is 12.7. The number of esters is 1. The number of halogens is 1. The maximum Gasteiger partial charge on any atom is 0.308 e. The Morgan fingerprint density at radius 1 is 1.58 bits per heavy atom. The molecule has 1 rings (SSSR count). The average molecular weight is 314 g/mol. The van der Waals surface area contributed by atoms with Gasteiger partial charge in [-0.1, -0.05) is 6.92 Å². The minimum atomic E-state index is -3.35. The van der Waals surface area contributed by atoms with Crippen LogP contribution in [0, 0.1) is 5.92 Å². The molecule has 0 amide bonds. The number of morpholine rings is 1. The van der Waals surface area contributed by atoms with E-state index in [2.05, 4.69) is 4.74 Å². The number of hydrogen-bond acceptors (Lipinski definition) is 5. The van der Waals surface area contributed by atoms with Crippen molar-refractivity contribution in [3.8, 4) is 0 Å². The van der Waals surface area contributed by atoms with E-state index in [0.717, 1.165) is 0 Å². The molecule has 0 saturated carbocycles. The summed E-state index contributed by atoms with van der Waals surface area (Å²) >= 11 is 5.64. The van der Waals surface area contributed by atoms with Gasteiger partial charge in [0.2, 0.25) is 10.0 Å². The summed E-state index contributed by atoms with van der Waals surface area (Å²) in [5.74, 6) is -0.191. The summed E-state index contributed by atoms with van der Waals surface area (Å²) in [6, 6.07) is 0. The molecule has 1 fully saturated rings. The Morgan fingerprint density at radius 2 is 2.26 bits per heavy atom. The molecular formula is C11H20ClNO5S. The molecule has 1 aliphatic heterocycles. The summed E-state index contributed by atoms with van der Waals surface area (Å²) in [4.78, 5) is 11.2. The first-order chi connectivity index (χ1) is 8.89. The first kappa shape index (κ1) is 16.7. The first-order valence-electron chi connectivity index (χ1n) is 6.11. The molecule has 8 heteroatoms. The molecule has 0 aromatic heterocycles. The summed E-state index contributed by atoms with van der Waals surface area (Å²) in [5.41, 5.74) is 0. The normalized spacial score (nSPS) is 23.0. The lowest BCUT2D eigenvalue weighted by Gasteiger charge is -2.32. The van der Waals surface area contributed by atoms with Gasteiger partial charge in [-0.15, -0.1) is 11.6 Å². The average Bonchev–Trinajstić information content (AvgIpc) is 2.38. The number of carbonyl (C=O) groups excluding carboxylic acids is 1. The molecule has 0 aromatic carbocycles. The molecule has 0 aromatic rings. The molecule has 6 nitrogen and oxygen atoms in total. The van der Waals surface area contributed by atoms with Crippen molar-refractivity contribution in [2.75, 3.05) is 38.4 Å². The third kappa shape index (κ3) is 5.25. The predicted octanol–water partition coefficient (Wildman–Crippen LogP) is 0.455. The molecule has 1 aliphatic rings. The summed E-state index contributed by atoms with van der Waals surface area (Å²) in [6.45, 7) is 2.58. The SMILES string of the molecule is COC(=O)CC1CN(S(=O)(=O)CC(C)CCl)CCO1. The molecule has 0 aliphatic carbocycles. The second-order valence-electron chi connectivity index (χ2n) is 4.67. The molecule has 0 bridgehead atoms. The number of methoxy groups -OCH3 is 1. The molecule has 0 spiro atoms. The van der Waals surface area contributed by atoms with Crippen molar-refractivity contribution >= 4 is 27.6 Å². The van der Waals surface area contributed by atoms with Crippen molar-refractivity contribution in [2.24, 2.45) is 5.92 Å². The standard InChI is InChI=1S/C11H20ClNO5S/c1-9(6-12)8-19(15,16)13-3-4-18-10(7-13)5-11(14)17-2/h9-10H,3-8H2,1-2H3. The summed E-state index contributed by atoms with van der Waals surface area (Å²) in [5, 5.41) is 0. The Kier molecular flexibility index (Phi) is 6.52. The highest BCUT2D eigenvalue weighted by atomic mass is 35.5. The van der Waals surface area contributed by atoms with E-state index >= 15 is 0 Å². The van der Waals surface area contributed by atoms with E-state index < -0.39 is 22.1 Å². The molecule has 0 radical (unpaired) electrons. The molecule has 1 saturated heterocycles. The van der Waals surface area contributed by atoms with Gasteiger partial charge in [-0.2, -0.15) is 4.31 Å². The van der Waals surface area contributed by atoms with Crippen molar-refractivity contribution in [1.29, 1.82) is 0 Å². The van der Waals surface area contributed by atoms with Crippen LogP contribution in [0.4, 0.5) is 0 Å². The summed E-state index contributed by atoms with van der Waals surface area (Å²) in [6.07, 6.45) is -0.379. The largest absolute Gasteiger partial charge is 0.469 e. The predicted molar refractivity (Wildman–Crippen MR) is 71.6 cm³/mol. The molecule has 19 heavy (non-hydrogen) atoms. The maximum atomic E-state index is 12.2. The fourth-order valence-electron chi connectivity index (χ4n) is 1.85. The number of rotatable bonds is 6. The van der Waals surface area contributed by atoms with Crippen LogP contribution in [0.5, 0.6) is 0 Å². The molecule has 2 atom stereocenters. The van der Waals surface area contributed by atoms with Gasteiger partial charge in [0.1, 0.15) is 0 Å². The maximum absolute atomic E-state index is 12.2. The van der Waals surface area contributed by atoms with Crippen LogP contribution in [0.2, 0.25) is 0 Å². The van der Waals surface area contributed by atoms with Gasteiger partial charge in [-0.25, -0.2) is 8.42 Å². The number of carbonyl (C=O) groups is 1. The van der Waals surface area contributed by atoms with Crippen LogP contribution in [0.3, 0.4) is 0 Å². The van der Waals surface area contributed by atoms with Gasteiger partial charge < -0.3 is 9.47 Å². The van der Waals surface area contributed by atoms with Gasteiger partial charge in [0.15, 0.2) is 0 Å². The molecule has 0 N–H and O–H groups in total. The van der Waals surface area contributed by atoms with E-state index in [4.69, 9.17) is 16.3 Å². The Morgan fingerprint density at radius 3 is 2.84 bits per heavy atom. The quantitative estimate of drug-likeness (QED) is 0.526. The van der Waals surface area contributed by atoms with Crippen LogP contribution in [-0.4, -0.2) is 63.2 Å². The minimum absolute atomic E-state index is 0.0153. The lowest BCUT2D eigenvalue weighted by Crippen LogP contribution is -2.47. The highest BCUT2D eigenvalue weighted by molar-refractivity contribution is 7.89. The molecule has 112 valence electrons. The Labute approximate surface area is 119 Å². The second-order valence-corrected chi connectivity index (χ2v) is 6.99. The van der Waals surface area contributed by atoms with Gasteiger partial charge in [-0.3, -0.25) is 4.79 Å². The van der Waals surface area contributed by atoms with Crippen molar-refractivity contribution < 1.29 is 22.7 Å².